The van der Waals surface area contributed by atoms with Crippen molar-refractivity contribution in [2.45, 2.75) is 18.4 Å². The molecule has 2 amide bonds. The molecule has 10 nitrogen and oxygen atoms in total. The Morgan fingerprint density at radius 2 is 1.78 bits per heavy atom. The predicted molar refractivity (Wildman–Crippen MR) is 115 cm³/mol. The summed E-state index contributed by atoms with van der Waals surface area (Å²) in [6.07, 6.45) is 0. The zero-order valence-electron chi connectivity index (χ0n) is 17.2. The van der Waals surface area contributed by atoms with Crippen LogP contribution < -0.4 is 25.0 Å². The topological polar surface area (TPSA) is 136 Å². The van der Waals surface area contributed by atoms with Crippen LogP contribution in [0.2, 0.25) is 0 Å². The van der Waals surface area contributed by atoms with Crippen LogP contribution in [0.15, 0.2) is 70.0 Å². The van der Waals surface area contributed by atoms with Crippen LogP contribution in [0.4, 0.5) is 5.69 Å². The molecule has 3 rings (SSSR count). The molecule has 0 spiro atoms. The van der Waals surface area contributed by atoms with Gasteiger partial charge in [0.15, 0.2) is 5.76 Å². The van der Waals surface area contributed by atoms with Gasteiger partial charge < -0.3 is 19.2 Å². The van der Waals surface area contributed by atoms with Gasteiger partial charge in [-0.1, -0.05) is 18.2 Å². The second kappa shape index (κ2) is 9.98. The van der Waals surface area contributed by atoms with E-state index < -0.39 is 21.8 Å². The molecule has 0 aliphatic heterocycles. The first-order chi connectivity index (χ1) is 15.3. The van der Waals surface area contributed by atoms with Crippen LogP contribution >= 0.6 is 0 Å². The van der Waals surface area contributed by atoms with Gasteiger partial charge in [-0.3, -0.25) is 15.0 Å². The molecular formula is C21H21N3O7S. The van der Waals surface area contributed by atoms with Gasteiger partial charge in [-0.15, -0.1) is 4.83 Å². The molecule has 0 fully saturated rings. The fourth-order valence-electron chi connectivity index (χ4n) is 2.62. The molecule has 2 aromatic carbocycles. The second-order valence-electron chi connectivity index (χ2n) is 6.47. The molecule has 0 saturated heterocycles. The summed E-state index contributed by atoms with van der Waals surface area (Å²) in [6.45, 7) is 1.38. The first-order valence-corrected chi connectivity index (χ1v) is 10.8. The largest absolute Gasteiger partial charge is 0.495 e. The maximum absolute atomic E-state index is 12.5. The number of amides is 2. The Hall–Kier alpha value is -3.83. The molecule has 1 heterocycles. The minimum atomic E-state index is -4.14. The summed E-state index contributed by atoms with van der Waals surface area (Å²) in [7, 11) is -2.76. The van der Waals surface area contributed by atoms with Crippen LogP contribution in [0.3, 0.4) is 0 Å². The van der Waals surface area contributed by atoms with E-state index in [1.165, 1.54) is 38.3 Å². The Balaban J connectivity index is 1.63. The van der Waals surface area contributed by atoms with Gasteiger partial charge in [0.25, 0.3) is 10.0 Å². The number of anilines is 1. The Kier molecular flexibility index (Phi) is 7.13. The number of hydrogen-bond donors (Lipinski definition) is 3. The zero-order valence-corrected chi connectivity index (χ0v) is 18.1. The molecule has 32 heavy (non-hydrogen) atoms. The van der Waals surface area contributed by atoms with Gasteiger partial charge in [0.05, 0.1) is 17.7 Å². The lowest BCUT2D eigenvalue weighted by molar-refractivity contribution is -0.114. The molecule has 0 bridgehead atoms. The minimum absolute atomic E-state index is 0.0980. The maximum atomic E-state index is 12.5. The summed E-state index contributed by atoms with van der Waals surface area (Å²) < 4.78 is 41.1. The highest BCUT2D eigenvalue weighted by Gasteiger charge is 2.19. The van der Waals surface area contributed by atoms with Crippen LogP contribution in [0.1, 0.15) is 23.2 Å². The lowest BCUT2D eigenvalue weighted by Gasteiger charge is -2.12. The van der Waals surface area contributed by atoms with Crippen LogP contribution in [-0.4, -0.2) is 27.3 Å². The highest BCUT2D eigenvalue weighted by Crippen LogP contribution is 2.27. The van der Waals surface area contributed by atoms with E-state index in [2.05, 4.69) is 10.7 Å². The third-order valence-corrected chi connectivity index (χ3v) is 5.35. The van der Waals surface area contributed by atoms with Gasteiger partial charge >= 0.3 is 5.91 Å². The average Bonchev–Trinajstić information content (AvgIpc) is 3.25. The SMILES string of the molecule is COc1ccc(S(=O)(=O)NNC(=O)c2ccc(COc3ccccc3)o2)cc1NC(C)=O. The van der Waals surface area contributed by atoms with Crippen LogP contribution in [0.5, 0.6) is 11.5 Å². The van der Waals surface area contributed by atoms with Crippen molar-refractivity contribution in [2.75, 3.05) is 12.4 Å². The Morgan fingerprint density at radius 3 is 2.47 bits per heavy atom. The van der Waals surface area contributed by atoms with Crippen molar-refractivity contribution < 1.29 is 31.9 Å². The molecule has 0 aliphatic carbocycles. The van der Waals surface area contributed by atoms with Gasteiger partial charge in [0, 0.05) is 6.92 Å². The smallest absolute Gasteiger partial charge is 0.301 e. The quantitative estimate of drug-likeness (QED) is 0.418. The summed E-state index contributed by atoms with van der Waals surface area (Å²) in [5, 5.41) is 2.48. The van der Waals surface area contributed by atoms with E-state index in [-0.39, 0.29) is 28.7 Å². The lowest BCUT2D eigenvalue weighted by atomic mass is 10.3. The van der Waals surface area contributed by atoms with E-state index in [4.69, 9.17) is 13.9 Å². The molecule has 0 aliphatic rings. The molecule has 0 saturated carbocycles. The molecule has 1 aromatic heterocycles. The fraction of sp³-hybridized carbons (Fsp3) is 0.143. The number of rotatable bonds is 9. The van der Waals surface area contributed by atoms with E-state index in [9.17, 15) is 18.0 Å². The molecule has 3 aromatic rings. The number of methoxy groups -OCH3 is 1. The van der Waals surface area contributed by atoms with Crippen molar-refractivity contribution in [2.24, 2.45) is 0 Å². The maximum Gasteiger partial charge on any atom is 0.301 e. The summed E-state index contributed by atoms with van der Waals surface area (Å²) in [6, 6.07) is 15.9. The number of hydrazine groups is 1. The van der Waals surface area contributed by atoms with Gasteiger partial charge in [-0.25, -0.2) is 8.42 Å². The molecular weight excluding hydrogens is 438 g/mol. The van der Waals surface area contributed by atoms with Crippen molar-refractivity contribution >= 4 is 27.5 Å². The number of benzene rings is 2. The highest BCUT2D eigenvalue weighted by atomic mass is 32.2. The predicted octanol–water partition coefficient (Wildman–Crippen LogP) is 2.45. The zero-order chi connectivity index (χ0) is 23.1. The normalized spacial score (nSPS) is 10.9. The summed E-state index contributed by atoms with van der Waals surface area (Å²) >= 11 is 0. The Bertz CT molecular complexity index is 1210. The van der Waals surface area contributed by atoms with Crippen molar-refractivity contribution in [1.29, 1.82) is 0 Å². The number of ether oxygens (including phenoxy) is 2. The third-order valence-electron chi connectivity index (χ3n) is 4.10. The van der Waals surface area contributed by atoms with Gasteiger partial charge in [0.2, 0.25) is 5.91 Å². The van der Waals surface area contributed by atoms with Crippen molar-refractivity contribution in [1.82, 2.24) is 10.3 Å². The van der Waals surface area contributed by atoms with E-state index >= 15 is 0 Å². The fourth-order valence-corrected chi connectivity index (χ4v) is 3.49. The molecule has 3 N–H and O–H groups in total. The third kappa shape index (κ3) is 5.86. The van der Waals surface area contributed by atoms with E-state index in [0.717, 1.165) is 0 Å². The first kappa shape index (κ1) is 22.8. The van der Waals surface area contributed by atoms with E-state index in [0.29, 0.717) is 11.5 Å². The number of para-hydroxylation sites is 1. The monoisotopic (exact) mass is 459 g/mol. The molecule has 0 atom stereocenters. The Labute approximate surface area is 184 Å². The van der Waals surface area contributed by atoms with Crippen molar-refractivity contribution in [3.05, 3.63) is 72.2 Å². The van der Waals surface area contributed by atoms with Crippen LogP contribution in [-0.2, 0) is 21.4 Å². The number of carbonyl (C=O) groups is 2. The molecule has 0 radical (unpaired) electrons. The van der Waals surface area contributed by atoms with E-state index in [1.54, 1.807) is 18.2 Å². The summed E-state index contributed by atoms with van der Waals surface area (Å²) in [4.78, 5) is 25.4. The minimum Gasteiger partial charge on any atom is -0.495 e. The average molecular weight is 459 g/mol. The molecule has 11 heteroatoms. The van der Waals surface area contributed by atoms with Gasteiger partial charge in [0.1, 0.15) is 23.9 Å². The second-order valence-corrected chi connectivity index (χ2v) is 8.15. The number of hydrogen-bond acceptors (Lipinski definition) is 7. The van der Waals surface area contributed by atoms with Gasteiger partial charge in [-0.05, 0) is 42.5 Å². The lowest BCUT2D eigenvalue weighted by Crippen LogP contribution is -2.41. The number of furan rings is 1. The number of sulfonamides is 1. The summed E-state index contributed by atoms with van der Waals surface area (Å²) in [5.74, 6) is 0.00825. The van der Waals surface area contributed by atoms with E-state index in [1.807, 2.05) is 23.0 Å². The highest BCUT2D eigenvalue weighted by molar-refractivity contribution is 7.89. The summed E-state index contributed by atoms with van der Waals surface area (Å²) in [5.41, 5.74) is 2.25. The van der Waals surface area contributed by atoms with Gasteiger partial charge in [-0.2, -0.15) is 0 Å². The molecule has 168 valence electrons. The standard InChI is InChI=1S/C21H21N3O7S/c1-14(25)22-18-12-17(9-11-19(18)29-2)32(27,28)24-23-21(26)20-10-8-16(31-20)13-30-15-6-4-3-5-7-15/h3-12,24H,13H2,1-2H3,(H,22,25)(H,23,26). The number of carbonyl (C=O) groups excluding carboxylic acids is 2. The van der Waals surface area contributed by atoms with Crippen LogP contribution in [0, 0.1) is 0 Å². The molecule has 0 unspecified atom stereocenters. The Morgan fingerprint density at radius 1 is 1.03 bits per heavy atom. The first-order valence-electron chi connectivity index (χ1n) is 9.33. The van der Waals surface area contributed by atoms with Crippen molar-refractivity contribution in [3.63, 3.8) is 0 Å². The number of nitrogens with one attached hydrogen (secondary N) is 3. The van der Waals surface area contributed by atoms with Crippen molar-refractivity contribution in [3.8, 4) is 11.5 Å². The van der Waals surface area contributed by atoms with Crippen LogP contribution in [0.25, 0.3) is 0 Å².